The second-order valence-electron chi connectivity index (χ2n) is 5.20. The van der Waals surface area contributed by atoms with Crippen molar-refractivity contribution in [1.82, 2.24) is 4.90 Å². The van der Waals surface area contributed by atoms with Gasteiger partial charge in [-0.15, -0.1) is 0 Å². The molecule has 1 fully saturated rings. The number of aliphatic imine (C=N–C) groups is 1. The third-order valence-electron chi connectivity index (χ3n) is 3.46. The lowest BCUT2D eigenvalue weighted by Gasteiger charge is -2.27. The Kier molecular flexibility index (Phi) is 5.48. The highest BCUT2D eigenvalue weighted by atomic mass is 32.2. The number of benzene rings is 2. The molecule has 0 N–H and O–H groups in total. The Hall–Kier alpha value is -2.34. The summed E-state index contributed by atoms with van der Waals surface area (Å²) in [5.74, 6) is 0.303. The predicted octanol–water partition coefficient (Wildman–Crippen LogP) is 3.86. The van der Waals surface area contributed by atoms with Gasteiger partial charge in [0.15, 0.2) is 23.3 Å². The van der Waals surface area contributed by atoms with E-state index in [-0.39, 0.29) is 18.3 Å². The molecule has 0 atom stereocenters. The number of carbonyl (C=O) groups excluding carboxylic acids is 1. The van der Waals surface area contributed by atoms with Crippen molar-refractivity contribution in [3.63, 3.8) is 0 Å². The van der Waals surface area contributed by atoms with E-state index in [2.05, 4.69) is 4.99 Å². The summed E-state index contributed by atoms with van der Waals surface area (Å²) < 4.78 is 18.9. The van der Waals surface area contributed by atoms with Crippen LogP contribution in [0.3, 0.4) is 0 Å². The van der Waals surface area contributed by atoms with E-state index in [4.69, 9.17) is 4.74 Å². The van der Waals surface area contributed by atoms with E-state index in [1.807, 2.05) is 30.3 Å². The molecule has 3 rings (SSSR count). The molecule has 0 radical (unpaired) electrons. The number of hydrogen-bond donors (Lipinski definition) is 0. The van der Waals surface area contributed by atoms with Gasteiger partial charge in [0.2, 0.25) is 0 Å². The molecule has 0 saturated carbocycles. The minimum atomic E-state index is -0.475. The molecule has 0 aliphatic carbocycles. The molecule has 0 bridgehead atoms. The van der Waals surface area contributed by atoms with Crippen LogP contribution in [0.25, 0.3) is 0 Å². The fourth-order valence-electron chi connectivity index (χ4n) is 2.28. The molecule has 0 unspecified atom stereocenters. The third-order valence-corrected chi connectivity index (χ3v) is 4.52. The fourth-order valence-corrected chi connectivity index (χ4v) is 3.25. The SMILES string of the molecule is O=C(COc1ccccc1F)N1CCCSC1=Nc1ccccc1. The van der Waals surface area contributed by atoms with Crippen molar-refractivity contribution >= 4 is 28.5 Å². The molecule has 6 heteroatoms. The van der Waals surface area contributed by atoms with Crippen molar-refractivity contribution in [1.29, 1.82) is 0 Å². The highest BCUT2D eigenvalue weighted by Gasteiger charge is 2.24. The Labute approximate surface area is 144 Å². The van der Waals surface area contributed by atoms with Gasteiger partial charge >= 0.3 is 0 Å². The van der Waals surface area contributed by atoms with Crippen molar-refractivity contribution in [3.8, 4) is 5.75 Å². The number of rotatable bonds is 4. The van der Waals surface area contributed by atoms with Gasteiger partial charge in [-0.1, -0.05) is 42.1 Å². The molecule has 0 spiro atoms. The second kappa shape index (κ2) is 7.97. The Morgan fingerprint density at radius 2 is 1.92 bits per heavy atom. The number of amides is 1. The average Bonchev–Trinajstić information content (AvgIpc) is 2.62. The van der Waals surface area contributed by atoms with E-state index >= 15 is 0 Å². The number of hydrogen-bond acceptors (Lipinski definition) is 4. The minimum Gasteiger partial charge on any atom is -0.481 e. The maximum absolute atomic E-state index is 13.6. The molecule has 1 aliphatic rings. The summed E-state index contributed by atoms with van der Waals surface area (Å²) in [6, 6.07) is 15.6. The number of nitrogens with zero attached hydrogens (tertiary/aromatic N) is 2. The molecular weight excluding hydrogens is 327 g/mol. The van der Waals surface area contributed by atoms with Crippen LogP contribution >= 0.6 is 11.8 Å². The molecule has 0 aromatic heterocycles. The third kappa shape index (κ3) is 4.14. The highest BCUT2D eigenvalue weighted by Crippen LogP contribution is 2.23. The molecule has 24 heavy (non-hydrogen) atoms. The lowest BCUT2D eigenvalue weighted by Crippen LogP contribution is -2.41. The molecular formula is C18H17FN2O2S. The standard InChI is InChI=1S/C18H17FN2O2S/c19-15-9-4-5-10-16(15)23-13-17(22)21-11-6-12-24-18(21)20-14-7-2-1-3-8-14/h1-5,7-10H,6,11-13H2. The molecule has 2 aromatic rings. The second-order valence-corrected chi connectivity index (χ2v) is 6.26. The van der Waals surface area contributed by atoms with Gasteiger partial charge < -0.3 is 4.74 Å². The van der Waals surface area contributed by atoms with Gasteiger partial charge in [0.05, 0.1) is 5.69 Å². The van der Waals surface area contributed by atoms with Crippen LogP contribution in [0.4, 0.5) is 10.1 Å². The van der Waals surface area contributed by atoms with Crippen molar-refractivity contribution in [2.45, 2.75) is 6.42 Å². The Morgan fingerprint density at radius 3 is 2.71 bits per heavy atom. The highest BCUT2D eigenvalue weighted by molar-refractivity contribution is 8.13. The van der Waals surface area contributed by atoms with E-state index in [9.17, 15) is 9.18 Å². The number of thioether (sulfide) groups is 1. The number of amidine groups is 1. The minimum absolute atomic E-state index is 0.0806. The van der Waals surface area contributed by atoms with Crippen molar-refractivity contribution in [2.24, 2.45) is 4.99 Å². The van der Waals surface area contributed by atoms with Crippen LogP contribution in [0.2, 0.25) is 0 Å². The first-order chi connectivity index (χ1) is 11.7. The van der Waals surface area contributed by atoms with Crippen LogP contribution in [0, 0.1) is 5.82 Å². The molecule has 1 amide bonds. The quantitative estimate of drug-likeness (QED) is 0.846. The van der Waals surface area contributed by atoms with Crippen LogP contribution in [0.1, 0.15) is 6.42 Å². The number of carbonyl (C=O) groups is 1. The number of ether oxygens (including phenoxy) is 1. The zero-order valence-corrected chi connectivity index (χ0v) is 13.8. The number of halogens is 1. The predicted molar refractivity (Wildman–Crippen MR) is 94.2 cm³/mol. The molecule has 1 saturated heterocycles. The zero-order valence-electron chi connectivity index (χ0n) is 13.0. The maximum atomic E-state index is 13.6. The molecule has 1 aliphatic heterocycles. The number of para-hydroxylation sites is 2. The van der Waals surface area contributed by atoms with Crippen LogP contribution < -0.4 is 4.74 Å². The first kappa shape index (κ1) is 16.5. The largest absolute Gasteiger partial charge is 0.481 e. The van der Waals surface area contributed by atoms with Gasteiger partial charge in [-0.25, -0.2) is 9.38 Å². The van der Waals surface area contributed by atoms with E-state index in [1.54, 1.807) is 28.8 Å². The average molecular weight is 344 g/mol. The maximum Gasteiger partial charge on any atom is 0.266 e. The van der Waals surface area contributed by atoms with E-state index in [0.717, 1.165) is 17.9 Å². The summed E-state index contributed by atoms with van der Waals surface area (Å²) in [5, 5.41) is 0.662. The van der Waals surface area contributed by atoms with Crippen LogP contribution in [-0.4, -0.2) is 34.9 Å². The van der Waals surface area contributed by atoms with Crippen LogP contribution in [0.5, 0.6) is 5.75 Å². The van der Waals surface area contributed by atoms with Gasteiger partial charge in [-0.05, 0) is 30.7 Å². The van der Waals surface area contributed by atoms with E-state index in [1.165, 1.54) is 12.1 Å². The van der Waals surface area contributed by atoms with Crippen LogP contribution in [-0.2, 0) is 4.79 Å². The summed E-state index contributed by atoms with van der Waals surface area (Å²) in [6.07, 6.45) is 0.893. The topological polar surface area (TPSA) is 41.9 Å². The smallest absolute Gasteiger partial charge is 0.266 e. The van der Waals surface area contributed by atoms with Crippen LogP contribution in [0.15, 0.2) is 59.6 Å². The van der Waals surface area contributed by atoms with E-state index < -0.39 is 5.82 Å². The van der Waals surface area contributed by atoms with Gasteiger partial charge in [0.25, 0.3) is 5.91 Å². The van der Waals surface area contributed by atoms with Gasteiger partial charge in [-0.3, -0.25) is 9.69 Å². The zero-order chi connectivity index (χ0) is 16.8. The molecule has 1 heterocycles. The first-order valence-corrected chi connectivity index (χ1v) is 8.67. The summed E-state index contributed by atoms with van der Waals surface area (Å²) in [5.41, 5.74) is 0.801. The summed E-state index contributed by atoms with van der Waals surface area (Å²) in [6.45, 7) is 0.382. The molecule has 2 aromatic carbocycles. The molecule has 124 valence electrons. The summed E-state index contributed by atoms with van der Waals surface area (Å²) in [7, 11) is 0. The Morgan fingerprint density at radius 1 is 1.17 bits per heavy atom. The van der Waals surface area contributed by atoms with E-state index in [0.29, 0.717) is 11.7 Å². The van der Waals surface area contributed by atoms with Crippen molar-refractivity contribution in [3.05, 3.63) is 60.4 Å². The normalized spacial score (nSPS) is 16.2. The Bertz CT molecular complexity index is 737. The monoisotopic (exact) mass is 344 g/mol. The molecule has 4 nitrogen and oxygen atoms in total. The first-order valence-electron chi connectivity index (χ1n) is 7.68. The van der Waals surface area contributed by atoms with Gasteiger partial charge in [0.1, 0.15) is 0 Å². The lowest BCUT2D eigenvalue weighted by atomic mass is 10.3. The lowest BCUT2D eigenvalue weighted by molar-refractivity contribution is -0.129. The van der Waals surface area contributed by atoms with Gasteiger partial charge in [-0.2, -0.15) is 0 Å². The van der Waals surface area contributed by atoms with Crippen molar-refractivity contribution in [2.75, 3.05) is 18.9 Å². The van der Waals surface area contributed by atoms with Crippen molar-refractivity contribution < 1.29 is 13.9 Å². The Balaban J connectivity index is 1.70. The van der Waals surface area contributed by atoms with Gasteiger partial charge in [0, 0.05) is 12.3 Å². The summed E-state index contributed by atoms with van der Waals surface area (Å²) >= 11 is 1.54. The summed E-state index contributed by atoms with van der Waals surface area (Å²) in [4.78, 5) is 18.6. The fraction of sp³-hybridized carbons (Fsp3) is 0.222.